The number of Topliss-reactive ketones (excluding diaryl/α,β-unsaturated/α-hetero) is 1. The van der Waals surface area contributed by atoms with E-state index in [4.69, 9.17) is 19.3 Å². The Hall–Kier alpha value is -2.77. The summed E-state index contributed by atoms with van der Waals surface area (Å²) in [6.07, 6.45) is 0. The van der Waals surface area contributed by atoms with Crippen molar-refractivity contribution in [3.8, 4) is 17.2 Å². The van der Waals surface area contributed by atoms with Crippen LogP contribution in [-0.4, -0.2) is 49.3 Å². The third-order valence-corrected chi connectivity index (χ3v) is 3.47. The zero-order chi connectivity index (χ0) is 17.7. The van der Waals surface area contributed by atoms with Crippen LogP contribution in [0, 0.1) is 5.92 Å². The van der Waals surface area contributed by atoms with E-state index in [-0.39, 0.29) is 11.5 Å². The molecule has 23 heavy (non-hydrogen) atoms. The van der Waals surface area contributed by atoms with Crippen molar-refractivity contribution in [1.82, 2.24) is 0 Å². The lowest BCUT2D eigenvalue weighted by molar-refractivity contribution is -0.157. The molecule has 0 radical (unpaired) electrons. The molecule has 0 spiro atoms. The number of methoxy groups -OCH3 is 3. The lowest BCUT2D eigenvalue weighted by Gasteiger charge is -2.20. The number of rotatable bonds is 8. The summed E-state index contributed by atoms with van der Waals surface area (Å²) < 4.78 is 15.5. The summed E-state index contributed by atoms with van der Waals surface area (Å²) in [4.78, 5) is 33.8. The van der Waals surface area contributed by atoms with Crippen LogP contribution >= 0.6 is 0 Å². The molecule has 0 heterocycles. The molecule has 0 unspecified atom stereocenters. The van der Waals surface area contributed by atoms with Crippen molar-refractivity contribution in [2.24, 2.45) is 5.92 Å². The average molecular weight is 326 g/mol. The van der Waals surface area contributed by atoms with E-state index in [1.165, 1.54) is 40.4 Å². The summed E-state index contributed by atoms with van der Waals surface area (Å²) >= 11 is 0. The first kappa shape index (κ1) is 18.3. The molecule has 0 saturated carbocycles. The molecule has 2 N–H and O–H groups in total. The number of ether oxygens (including phenoxy) is 3. The fourth-order valence-corrected chi connectivity index (χ4v) is 2.24. The number of aliphatic carboxylic acids is 2. The van der Waals surface area contributed by atoms with Crippen molar-refractivity contribution in [3.63, 3.8) is 0 Å². The van der Waals surface area contributed by atoms with Gasteiger partial charge in [0.15, 0.2) is 11.5 Å². The van der Waals surface area contributed by atoms with E-state index < -0.39 is 29.6 Å². The molecule has 0 aliphatic rings. The highest BCUT2D eigenvalue weighted by atomic mass is 16.5. The highest BCUT2D eigenvalue weighted by molar-refractivity contribution is 6.37. The average Bonchev–Trinajstić information content (AvgIpc) is 2.52. The van der Waals surface area contributed by atoms with Crippen LogP contribution in [0.25, 0.3) is 0 Å². The van der Waals surface area contributed by atoms with Gasteiger partial charge in [0.2, 0.25) is 5.75 Å². The summed E-state index contributed by atoms with van der Waals surface area (Å²) in [5.41, 5.74) is 0.376. The maximum Gasteiger partial charge on any atom is 0.373 e. The summed E-state index contributed by atoms with van der Waals surface area (Å²) in [6.45, 7) is 1.44. The maximum atomic E-state index is 11.7. The molecule has 1 aromatic rings. The number of hydrogen-bond donors (Lipinski definition) is 2. The van der Waals surface area contributed by atoms with E-state index in [1.54, 1.807) is 0 Å². The predicted molar refractivity (Wildman–Crippen MR) is 78.3 cm³/mol. The van der Waals surface area contributed by atoms with Crippen molar-refractivity contribution in [2.45, 2.75) is 12.8 Å². The number of hydrogen-bond acceptors (Lipinski definition) is 6. The van der Waals surface area contributed by atoms with Gasteiger partial charge in [-0.05, 0) is 17.7 Å². The summed E-state index contributed by atoms with van der Waals surface area (Å²) in [7, 11) is 4.20. The van der Waals surface area contributed by atoms with Crippen LogP contribution in [0.2, 0.25) is 0 Å². The van der Waals surface area contributed by atoms with Crippen LogP contribution < -0.4 is 14.2 Å². The van der Waals surface area contributed by atoms with Crippen LogP contribution in [0.3, 0.4) is 0 Å². The molecular formula is C15H18O8. The standard InChI is InChI=1S/C15H18O8/c1-7(11(14(17)18)12(16)15(19)20)8-5-9(21-2)13(23-4)10(6-8)22-3/h5-7,11H,1-4H3,(H,17,18)(H,19,20)/t7-,11+/m0/s1. The topological polar surface area (TPSA) is 119 Å². The van der Waals surface area contributed by atoms with E-state index in [2.05, 4.69) is 0 Å². The molecular weight excluding hydrogens is 308 g/mol. The first-order valence-corrected chi connectivity index (χ1v) is 6.58. The molecule has 1 aromatic carbocycles. The minimum absolute atomic E-state index is 0.278. The fraction of sp³-hybridized carbons (Fsp3) is 0.400. The van der Waals surface area contributed by atoms with Gasteiger partial charge in [-0.3, -0.25) is 9.59 Å². The zero-order valence-electron chi connectivity index (χ0n) is 13.2. The summed E-state index contributed by atoms with van der Waals surface area (Å²) in [6, 6.07) is 2.97. The van der Waals surface area contributed by atoms with Gasteiger partial charge >= 0.3 is 11.9 Å². The molecule has 0 fully saturated rings. The summed E-state index contributed by atoms with van der Waals surface area (Å²) in [5.74, 6) is -6.47. The van der Waals surface area contributed by atoms with Crippen molar-refractivity contribution in [1.29, 1.82) is 0 Å². The Labute approximate surface area is 132 Å². The number of carbonyl (C=O) groups is 3. The minimum Gasteiger partial charge on any atom is -0.493 e. The molecule has 8 nitrogen and oxygen atoms in total. The Morgan fingerprint density at radius 1 is 0.957 bits per heavy atom. The van der Waals surface area contributed by atoms with Gasteiger partial charge in [0, 0.05) is 5.92 Å². The second-order valence-corrected chi connectivity index (χ2v) is 4.73. The number of benzene rings is 1. The van der Waals surface area contributed by atoms with E-state index >= 15 is 0 Å². The third kappa shape index (κ3) is 3.71. The van der Waals surface area contributed by atoms with E-state index in [0.717, 1.165) is 0 Å². The molecule has 2 atom stereocenters. The normalized spacial score (nSPS) is 12.9. The Morgan fingerprint density at radius 3 is 1.74 bits per heavy atom. The van der Waals surface area contributed by atoms with Gasteiger partial charge in [-0.1, -0.05) is 6.92 Å². The Bertz CT molecular complexity index is 597. The third-order valence-electron chi connectivity index (χ3n) is 3.47. The van der Waals surface area contributed by atoms with Crippen molar-refractivity contribution in [2.75, 3.05) is 21.3 Å². The molecule has 0 bridgehead atoms. The molecule has 0 aromatic heterocycles. The van der Waals surface area contributed by atoms with Gasteiger partial charge in [-0.2, -0.15) is 0 Å². The monoisotopic (exact) mass is 326 g/mol. The van der Waals surface area contributed by atoms with Crippen molar-refractivity contribution < 1.29 is 38.8 Å². The number of carboxylic acid groups (broad SMARTS) is 2. The second kappa shape index (κ2) is 7.48. The first-order chi connectivity index (χ1) is 10.8. The highest BCUT2D eigenvalue weighted by Gasteiger charge is 2.37. The fourth-order valence-electron chi connectivity index (χ4n) is 2.24. The molecule has 0 amide bonds. The molecule has 8 heteroatoms. The first-order valence-electron chi connectivity index (χ1n) is 6.58. The molecule has 0 aliphatic carbocycles. The molecule has 0 aliphatic heterocycles. The van der Waals surface area contributed by atoms with Crippen LogP contribution in [0.1, 0.15) is 18.4 Å². The number of carbonyl (C=O) groups excluding carboxylic acids is 1. The van der Waals surface area contributed by atoms with Crippen LogP contribution in [0.15, 0.2) is 12.1 Å². The van der Waals surface area contributed by atoms with Gasteiger partial charge in [-0.25, -0.2) is 4.79 Å². The van der Waals surface area contributed by atoms with Crippen LogP contribution in [-0.2, 0) is 14.4 Å². The Morgan fingerprint density at radius 2 is 1.43 bits per heavy atom. The predicted octanol–water partition coefficient (Wildman–Crippen LogP) is 1.17. The largest absolute Gasteiger partial charge is 0.493 e. The van der Waals surface area contributed by atoms with E-state index in [1.807, 2.05) is 0 Å². The SMILES string of the molecule is COc1cc([C@H](C)[C@@H](C(=O)O)C(=O)C(=O)O)cc(OC)c1OC. The number of carboxylic acids is 2. The zero-order valence-corrected chi connectivity index (χ0v) is 13.2. The molecule has 126 valence electrons. The van der Waals surface area contributed by atoms with Crippen molar-refractivity contribution >= 4 is 17.7 Å². The van der Waals surface area contributed by atoms with Crippen molar-refractivity contribution in [3.05, 3.63) is 17.7 Å². The van der Waals surface area contributed by atoms with E-state index in [9.17, 15) is 19.5 Å². The molecule has 1 rings (SSSR count). The Kier molecular flexibility index (Phi) is 5.94. The van der Waals surface area contributed by atoms with Gasteiger partial charge < -0.3 is 24.4 Å². The smallest absolute Gasteiger partial charge is 0.373 e. The maximum absolute atomic E-state index is 11.7. The van der Waals surface area contributed by atoms with Crippen LogP contribution in [0.5, 0.6) is 17.2 Å². The lowest BCUT2D eigenvalue weighted by Crippen LogP contribution is -2.33. The van der Waals surface area contributed by atoms with E-state index in [0.29, 0.717) is 11.3 Å². The Balaban J connectivity index is 3.40. The van der Waals surface area contributed by atoms with Crippen LogP contribution in [0.4, 0.5) is 0 Å². The van der Waals surface area contributed by atoms with Gasteiger partial charge in [-0.15, -0.1) is 0 Å². The van der Waals surface area contributed by atoms with Gasteiger partial charge in [0.1, 0.15) is 5.92 Å². The lowest BCUT2D eigenvalue weighted by atomic mass is 9.84. The minimum atomic E-state index is -1.79. The number of ketones is 1. The van der Waals surface area contributed by atoms with Gasteiger partial charge in [0.05, 0.1) is 21.3 Å². The summed E-state index contributed by atoms with van der Waals surface area (Å²) in [5, 5.41) is 18.0. The van der Waals surface area contributed by atoms with Gasteiger partial charge in [0.25, 0.3) is 5.78 Å². The quantitative estimate of drug-likeness (QED) is 0.539. The second-order valence-electron chi connectivity index (χ2n) is 4.73. The highest BCUT2D eigenvalue weighted by Crippen LogP contribution is 2.41. The molecule has 0 saturated heterocycles.